The van der Waals surface area contributed by atoms with Crippen molar-refractivity contribution in [3.8, 4) is 0 Å². The molecule has 0 aromatic heterocycles. The fraction of sp³-hybridized carbons (Fsp3) is 0.190. The molecule has 144 valence electrons. The summed E-state index contributed by atoms with van der Waals surface area (Å²) in [4.78, 5) is 27.0. The first-order chi connectivity index (χ1) is 13.3. The van der Waals surface area contributed by atoms with Crippen molar-refractivity contribution in [2.75, 3.05) is 11.9 Å². The zero-order valence-corrected chi connectivity index (χ0v) is 17.9. The largest absolute Gasteiger partial charge is 0.326 e. The number of thiocarbonyl (C=S) groups is 1. The van der Waals surface area contributed by atoms with Crippen LogP contribution in [-0.2, 0) is 9.59 Å². The third kappa shape index (κ3) is 4.82. The van der Waals surface area contributed by atoms with Crippen LogP contribution in [0.4, 0.5) is 5.69 Å². The minimum absolute atomic E-state index is 0.149. The van der Waals surface area contributed by atoms with Gasteiger partial charge in [-0.3, -0.25) is 14.5 Å². The number of carbonyl (C=O) groups is 2. The molecule has 2 aromatic rings. The molecule has 0 aliphatic carbocycles. The molecule has 28 heavy (non-hydrogen) atoms. The summed E-state index contributed by atoms with van der Waals surface area (Å²) in [7, 11) is 0. The predicted molar refractivity (Wildman–Crippen MR) is 120 cm³/mol. The van der Waals surface area contributed by atoms with Gasteiger partial charge in [-0.25, -0.2) is 0 Å². The van der Waals surface area contributed by atoms with E-state index >= 15 is 0 Å². The second-order valence-electron chi connectivity index (χ2n) is 6.43. The zero-order valence-electron chi connectivity index (χ0n) is 15.5. The van der Waals surface area contributed by atoms with E-state index in [1.165, 1.54) is 16.7 Å². The van der Waals surface area contributed by atoms with E-state index < -0.39 is 0 Å². The summed E-state index contributed by atoms with van der Waals surface area (Å²) in [5, 5.41) is 3.55. The molecule has 0 unspecified atom stereocenters. The SMILES string of the molecule is Cc1cccc(NC(=O)CCN2C(=O)C(=Cc3ccc(Cl)cc3)SC2=S)c1C. The molecule has 1 fully saturated rings. The van der Waals surface area contributed by atoms with Crippen LogP contribution in [0.5, 0.6) is 0 Å². The maximum absolute atomic E-state index is 12.6. The van der Waals surface area contributed by atoms with Gasteiger partial charge in [0.15, 0.2) is 0 Å². The van der Waals surface area contributed by atoms with Gasteiger partial charge >= 0.3 is 0 Å². The van der Waals surface area contributed by atoms with E-state index in [0.717, 1.165) is 22.4 Å². The van der Waals surface area contributed by atoms with Crippen LogP contribution in [0.1, 0.15) is 23.1 Å². The molecule has 1 aliphatic heterocycles. The Bertz CT molecular complexity index is 971. The van der Waals surface area contributed by atoms with E-state index in [4.69, 9.17) is 23.8 Å². The number of benzene rings is 2. The van der Waals surface area contributed by atoms with Crippen molar-refractivity contribution in [2.45, 2.75) is 20.3 Å². The van der Waals surface area contributed by atoms with Gasteiger partial charge in [-0.05, 0) is 54.8 Å². The Morgan fingerprint density at radius 2 is 1.93 bits per heavy atom. The summed E-state index contributed by atoms with van der Waals surface area (Å²) >= 11 is 12.5. The van der Waals surface area contributed by atoms with Crippen molar-refractivity contribution in [1.82, 2.24) is 4.90 Å². The van der Waals surface area contributed by atoms with Crippen LogP contribution < -0.4 is 5.32 Å². The van der Waals surface area contributed by atoms with Gasteiger partial charge in [0.25, 0.3) is 5.91 Å². The standard InChI is InChI=1S/C21H19ClN2O2S2/c1-13-4-3-5-17(14(13)2)23-19(25)10-11-24-20(26)18(28-21(24)27)12-15-6-8-16(22)9-7-15/h3-9,12H,10-11H2,1-2H3,(H,23,25). The lowest BCUT2D eigenvalue weighted by atomic mass is 10.1. The summed E-state index contributed by atoms with van der Waals surface area (Å²) in [6, 6.07) is 13.0. The maximum Gasteiger partial charge on any atom is 0.266 e. The first-order valence-corrected chi connectivity index (χ1v) is 10.3. The normalized spacial score (nSPS) is 15.4. The van der Waals surface area contributed by atoms with Crippen LogP contribution in [0.3, 0.4) is 0 Å². The molecule has 1 saturated heterocycles. The first-order valence-electron chi connectivity index (χ1n) is 8.72. The van der Waals surface area contributed by atoms with Crippen LogP contribution >= 0.6 is 35.6 Å². The molecule has 0 atom stereocenters. The van der Waals surface area contributed by atoms with Crippen LogP contribution in [0.25, 0.3) is 6.08 Å². The third-order valence-corrected chi connectivity index (χ3v) is 6.11. The molecule has 1 aliphatic rings. The van der Waals surface area contributed by atoms with Crippen LogP contribution in [-0.4, -0.2) is 27.6 Å². The van der Waals surface area contributed by atoms with E-state index in [1.807, 2.05) is 44.2 Å². The molecule has 2 aromatic carbocycles. The number of nitrogens with zero attached hydrogens (tertiary/aromatic N) is 1. The molecule has 7 heteroatoms. The Balaban J connectivity index is 1.62. The molecule has 4 nitrogen and oxygen atoms in total. The summed E-state index contributed by atoms with van der Waals surface area (Å²) in [5.41, 5.74) is 3.81. The Labute approximate surface area is 178 Å². The van der Waals surface area contributed by atoms with Crippen molar-refractivity contribution in [3.05, 3.63) is 69.1 Å². The molecule has 1 N–H and O–H groups in total. The van der Waals surface area contributed by atoms with Crippen LogP contribution in [0.15, 0.2) is 47.4 Å². The fourth-order valence-corrected chi connectivity index (χ4v) is 4.15. The van der Waals surface area contributed by atoms with Gasteiger partial charge in [0.05, 0.1) is 4.91 Å². The lowest BCUT2D eigenvalue weighted by molar-refractivity contribution is -0.122. The lowest BCUT2D eigenvalue weighted by Gasteiger charge is -2.15. The van der Waals surface area contributed by atoms with Gasteiger partial charge in [0, 0.05) is 23.7 Å². The lowest BCUT2D eigenvalue weighted by Crippen LogP contribution is -2.31. The summed E-state index contributed by atoms with van der Waals surface area (Å²) in [6.07, 6.45) is 1.96. The first kappa shape index (κ1) is 20.6. The van der Waals surface area contributed by atoms with Gasteiger partial charge in [0.2, 0.25) is 5.91 Å². The summed E-state index contributed by atoms with van der Waals surface area (Å²) < 4.78 is 0.463. The molecule has 0 spiro atoms. The zero-order chi connectivity index (χ0) is 20.3. The maximum atomic E-state index is 12.6. The molecule has 0 saturated carbocycles. The van der Waals surface area contributed by atoms with Gasteiger partial charge in [-0.15, -0.1) is 0 Å². The summed E-state index contributed by atoms with van der Waals surface area (Å²) in [5.74, 6) is -0.325. The van der Waals surface area contributed by atoms with Crippen molar-refractivity contribution in [3.63, 3.8) is 0 Å². The van der Waals surface area contributed by atoms with Crippen LogP contribution in [0, 0.1) is 13.8 Å². The fourth-order valence-electron chi connectivity index (χ4n) is 2.72. The van der Waals surface area contributed by atoms with Crippen molar-refractivity contribution < 1.29 is 9.59 Å². The van der Waals surface area contributed by atoms with E-state index in [9.17, 15) is 9.59 Å². The molecular weight excluding hydrogens is 412 g/mol. The monoisotopic (exact) mass is 430 g/mol. The smallest absolute Gasteiger partial charge is 0.266 e. The Kier molecular flexibility index (Phi) is 6.54. The summed E-state index contributed by atoms with van der Waals surface area (Å²) in [6.45, 7) is 4.21. The highest BCUT2D eigenvalue weighted by molar-refractivity contribution is 8.26. The molecule has 1 heterocycles. The molecule has 3 rings (SSSR count). The number of rotatable bonds is 5. The Morgan fingerprint density at radius 3 is 2.64 bits per heavy atom. The van der Waals surface area contributed by atoms with E-state index in [2.05, 4.69) is 5.32 Å². The average Bonchev–Trinajstić information content (AvgIpc) is 2.92. The van der Waals surface area contributed by atoms with Crippen molar-refractivity contribution in [2.24, 2.45) is 0 Å². The van der Waals surface area contributed by atoms with Crippen molar-refractivity contribution >= 4 is 63.5 Å². The quantitative estimate of drug-likeness (QED) is 0.524. The van der Waals surface area contributed by atoms with Gasteiger partial charge in [-0.1, -0.05) is 59.8 Å². The molecular formula is C21H19ClN2O2S2. The highest BCUT2D eigenvalue weighted by Gasteiger charge is 2.32. The number of hydrogen-bond acceptors (Lipinski definition) is 4. The van der Waals surface area contributed by atoms with Gasteiger partial charge in [-0.2, -0.15) is 0 Å². The second kappa shape index (κ2) is 8.90. The Hall–Kier alpha value is -2.15. The number of halogens is 1. The van der Waals surface area contributed by atoms with Gasteiger partial charge in [0.1, 0.15) is 4.32 Å². The highest BCUT2D eigenvalue weighted by atomic mass is 35.5. The molecule has 2 amide bonds. The second-order valence-corrected chi connectivity index (χ2v) is 8.54. The average molecular weight is 431 g/mol. The van der Waals surface area contributed by atoms with E-state index in [0.29, 0.717) is 14.2 Å². The molecule has 0 bridgehead atoms. The number of hydrogen-bond donors (Lipinski definition) is 1. The number of thioether (sulfide) groups is 1. The predicted octanol–water partition coefficient (Wildman–Crippen LogP) is 5.19. The molecule has 0 radical (unpaired) electrons. The topological polar surface area (TPSA) is 49.4 Å². The van der Waals surface area contributed by atoms with Gasteiger partial charge < -0.3 is 5.32 Å². The minimum Gasteiger partial charge on any atom is -0.326 e. The highest BCUT2D eigenvalue weighted by Crippen LogP contribution is 2.32. The third-order valence-electron chi connectivity index (χ3n) is 4.48. The minimum atomic E-state index is -0.176. The number of anilines is 1. The van der Waals surface area contributed by atoms with E-state index in [-0.39, 0.29) is 24.8 Å². The number of aryl methyl sites for hydroxylation is 1. The Morgan fingerprint density at radius 1 is 1.21 bits per heavy atom. The number of nitrogens with one attached hydrogen (secondary N) is 1. The van der Waals surface area contributed by atoms with Crippen molar-refractivity contribution in [1.29, 1.82) is 0 Å². The number of carbonyl (C=O) groups excluding carboxylic acids is 2. The van der Waals surface area contributed by atoms with Crippen LogP contribution in [0.2, 0.25) is 5.02 Å². The number of amides is 2. The van der Waals surface area contributed by atoms with E-state index in [1.54, 1.807) is 18.2 Å².